The van der Waals surface area contributed by atoms with Crippen molar-refractivity contribution in [2.45, 2.75) is 32.6 Å². The van der Waals surface area contributed by atoms with Gasteiger partial charge in [0.25, 0.3) is 0 Å². The third kappa shape index (κ3) is 6.58. The molecule has 4 heteroatoms. The molecule has 0 atom stereocenters. The standard InChI is InChI=1S/C15H20N2O2/c1-2-3-4-10-19-11-9-15(18)17-14-7-5-13(12-16)6-8-14/h5-8H,2-4,9-11H2,1H3,(H,17,18). The summed E-state index contributed by atoms with van der Waals surface area (Å²) in [6.07, 6.45) is 3.74. The lowest BCUT2D eigenvalue weighted by Crippen LogP contribution is -2.14. The summed E-state index contributed by atoms with van der Waals surface area (Å²) in [5, 5.41) is 11.4. The van der Waals surface area contributed by atoms with Crippen molar-refractivity contribution >= 4 is 11.6 Å². The van der Waals surface area contributed by atoms with Crippen molar-refractivity contribution in [3.63, 3.8) is 0 Å². The summed E-state index contributed by atoms with van der Waals surface area (Å²) in [5.74, 6) is -0.0693. The van der Waals surface area contributed by atoms with Gasteiger partial charge in [-0.25, -0.2) is 0 Å². The van der Waals surface area contributed by atoms with Gasteiger partial charge in [0.15, 0.2) is 0 Å². The van der Waals surface area contributed by atoms with Gasteiger partial charge >= 0.3 is 0 Å². The number of hydrogen-bond acceptors (Lipinski definition) is 3. The molecule has 0 saturated carbocycles. The minimum atomic E-state index is -0.0693. The molecule has 0 fully saturated rings. The summed E-state index contributed by atoms with van der Waals surface area (Å²) >= 11 is 0. The first kappa shape index (κ1) is 15.2. The Kier molecular flexibility index (Phi) is 7.30. The number of ether oxygens (including phenoxy) is 1. The summed E-state index contributed by atoms with van der Waals surface area (Å²) < 4.78 is 5.38. The highest BCUT2D eigenvalue weighted by atomic mass is 16.5. The number of unbranched alkanes of at least 4 members (excludes halogenated alkanes) is 2. The van der Waals surface area contributed by atoms with Gasteiger partial charge in [0, 0.05) is 12.3 Å². The lowest BCUT2D eigenvalue weighted by molar-refractivity contribution is -0.117. The van der Waals surface area contributed by atoms with Crippen molar-refractivity contribution in [1.29, 1.82) is 5.26 Å². The lowest BCUT2D eigenvalue weighted by Gasteiger charge is -2.06. The molecule has 1 rings (SSSR count). The van der Waals surface area contributed by atoms with E-state index in [1.165, 1.54) is 6.42 Å². The Hall–Kier alpha value is -1.86. The van der Waals surface area contributed by atoms with E-state index in [4.69, 9.17) is 10.00 Å². The molecule has 0 aromatic heterocycles. The van der Waals surface area contributed by atoms with Crippen LogP contribution in [0.1, 0.15) is 38.2 Å². The molecule has 0 aliphatic heterocycles. The summed E-state index contributed by atoms with van der Waals surface area (Å²) in [6.45, 7) is 3.31. The second-order valence-electron chi connectivity index (χ2n) is 4.31. The van der Waals surface area contributed by atoms with Crippen LogP contribution in [0.25, 0.3) is 0 Å². The predicted octanol–water partition coefficient (Wildman–Crippen LogP) is 3.09. The maximum Gasteiger partial charge on any atom is 0.226 e. The van der Waals surface area contributed by atoms with E-state index in [0.717, 1.165) is 19.4 Å². The molecule has 1 N–H and O–H groups in total. The van der Waals surface area contributed by atoms with Crippen LogP contribution >= 0.6 is 0 Å². The fraction of sp³-hybridized carbons (Fsp3) is 0.467. The number of hydrogen-bond donors (Lipinski definition) is 1. The van der Waals surface area contributed by atoms with E-state index in [2.05, 4.69) is 12.2 Å². The Balaban J connectivity index is 2.18. The molecule has 1 aromatic carbocycles. The van der Waals surface area contributed by atoms with Gasteiger partial charge in [-0.2, -0.15) is 5.26 Å². The number of carbonyl (C=O) groups excluding carboxylic acids is 1. The average Bonchev–Trinajstić information content (AvgIpc) is 2.43. The highest BCUT2D eigenvalue weighted by Crippen LogP contribution is 2.09. The quantitative estimate of drug-likeness (QED) is 0.730. The number of nitrogens with zero attached hydrogens (tertiary/aromatic N) is 1. The summed E-state index contributed by atoms with van der Waals surface area (Å²) in [4.78, 5) is 11.6. The molecule has 0 aliphatic carbocycles. The van der Waals surface area contributed by atoms with Gasteiger partial charge in [-0.3, -0.25) is 4.79 Å². The molecule has 102 valence electrons. The maximum absolute atomic E-state index is 11.6. The molecule has 0 unspecified atom stereocenters. The molecule has 4 nitrogen and oxygen atoms in total. The zero-order valence-electron chi connectivity index (χ0n) is 11.3. The number of nitrogens with one attached hydrogen (secondary N) is 1. The van der Waals surface area contributed by atoms with Gasteiger partial charge in [-0.1, -0.05) is 19.8 Å². The van der Waals surface area contributed by atoms with Crippen LogP contribution in [-0.4, -0.2) is 19.1 Å². The summed E-state index contributed by atoms with van der Waals surface area (Å²) in [5.41, 5.74) is 1.28. The molecular weight excluding hydrogens is 240 g/mol. The van der Waals surface area contributed by atoms with Crippen molar-refractivity contribution in [3.8, 4) is 6.07 Å². The first-order valence-corrected chi connectivity index (χ1v) is 6.64. The Morgan fingerprint density at radius 1 is 1.26 bits per heavy atom. The molecule has 19 heavy (non-hydrogen) atoms. The van der Waals surface area contributed by atoms with Crippen molar-refractivity contribution in [1.82, 2.24) is 0 Å². The van der Waals surface area contributed by atoms with Crippen LogP contribution < -0.4 is 5.32 Å². The molecule has 0 bridgehead atoms. The first-order chi connectivity index (χ1) is 9.26. The smallest absolute Gasteiger partial charge is 0.226 e. The molecule has 0 radical (unpaired) electrons. The molecule has 0 spiro atoms. The topological polar surface area (TPSA) is 62.1 Å². The van der Waals surface area contributed by atoms with Gasteiger partial charge < -0.3 is 10.1 Å². The van der Waals surface area contributed by atoms with Crippen LogP contribution in [0, 0.1) is 11.3 Å². The fourth-order valence-electron chi connectivity index (χ4n) is 1.57. The third-order valence-corrected chi connectivity index (χ3v) is 2.66. The van der Waals surface area contributed by atoms with Crippen LogP contribution in [-0.2, 0) is 9.53 Å². The van der Waals surface area contributed by atoms with Crippen LogP contribution in [0.4, 0.5) is 5.69 Å². The minimum absolute atomic E-state index is 0.0693. The van der Waals surface area contributed by atoms with E-state index in [1.54, 1.807) is 24.3 Å². The van der Waals surface area contributed by atoms with Gasteiger partial charge in [0.05, 0.1) is 24.7 Å². The highest BCUT2D eigenvalue weighted by molar-refractivity contribution is 5.90. The number of carbonyl (C=O) groups is 1. The fourth-order valence-corrected chi connectivity index (χ4v) is 1.57. The first-order valence-electron chi connectivity index (χ1n) is 6.64. The number of rotatable bonds is 8. The number of amides is 1. The minimum Gasteiger partial charge on any atom is -0.381 e. The molecule has 0 saturated heterocycles. The second kappa shape index (κ2) is 9.12. The Labute approximate surface area is 114 Å². The number of nitriles is 1. The number of anilines is 1. The van der Waals surface area contributed by atoms with Crippen LogP contribution in [0.15, 0.2) is 24.3 Å². The molecule has 1 aromatic rings. The average molecular weight is 260 g/mol. The van der Waals surface area contributed by atoms with E-state index in [-0.39, 0.29) is 5.91 Å². The molecular formula is C15H20N2O2. The highest BCUT2D eigenvalue weighted by Gasteiger charge is 2.02. The normalized spacial score (nSPS) is 9.89. The second-order valence-corrected chi connectivity index (χ2v) is 4.31. The summed E-state index contributed by atoms with van der Waals surface area (Å²) in [6, 6.07) is 8.83. The van der Waals surface area contributed by atoms with E-state index in [0.29, 0.717) is 24.3 Å². The molecule has 1 amide bonds. The summed E-state index contributed by atoms with van der Waals surface area (Å²) in [7, 11) is 0. The Morgan fingerprint density at radius 2 is 2.00 bits per heavy atom. The van der Waals surface area contributed by atoms with E-state index in [9.17, 15) is 4.79 Å². The van der Waals surface area contributed by atoms with Gasteiger partial charge in [-0.15, -0.1) is 0 Å². The lowest BCUT2D eigenvalue weighted by atomic mass is 10.2. The monoisotopic (exact) mass is 260 g/mol. The maximum atomic E-state index is 11.6. The van der Waals surface area contributed by atoms with Gasteiger partial charge in [0.1, 0.15) is 0 Å². The predicted molar refractivity (Wildman–Crippen MR) is 74.7 cm³/mol. The van der Waals surface area contributed by atoms with Crippen molar-refractivity contribution in [2.24, 2.45) is 0 Å². The zero-order valence-corrected chi connectivity index (χ0v) is 11.3. The number of benzene rings is 1. The van der Waals surface area contributed by atoms with Crippen LogP contribution in [0.5, 0.6) is 0 Å². The van der Waals surface area contributed by atoms with Crippen molar-refractivity contribution in [3.05, 3.63) is 29.8 Å². The van der Waals surface area contributed by atoms with E-state index < -0.39 is 0 Å². The van der Waals surface area contributed by atoms with Crippen molar-refractivity contribution in [2.75, 3.05) is 18.5 Å². The van der Waals surface area contributed by atoms with Crippen LogP contribution in [0.2, 0.25) is 0 Å². The van der Waals surface area contributed by atoms with Crippen LogP contribution in [0.3, 0.4) is 0 Å². The largest absolute Gasteiger partial charge is 0.381 e. The Bertz CT molecular complexity index is 421. The SMILES string of the molecule is CCCCCOCCC(=O)Nc1ccc(C#N)cc1. The third-order valence-electron chi connectivity index (χ3n) is 2.66. The van der Waals surface area contributed by atoms with E-state index >= 15 is 0 Å². The molecule has 0 heterocycles. The van der Waals surface area contributed by atoms with Gasteiger partial charge in [0.2, 0.25) is 5.91 Å². The van der Waals surface area contributed by atoms with Gasteiger partial charge in [-0.05, 0) is 30.7 Å². The van der Waals surface area contributed by atoms with E-state index in [1.807, 2.05) is 6.07 Å². The molecule has 0 aliphatic rings. The Morgan fingerprint density at radius 3 is 2.63 bits per heavy atom. The zero-order chi connectivity index (χ0) is 13.9. The van der Waals surface area contributed by atoms with Crippen molar-refractivity contribution < 1.29 is 9.53 Å².